The first kappa shape index (κ1) is 14.4. The van der Waals surface area contributed by atoms with Crippen LogP contribution in [0.3, 0.4) is 0 Å². The molecule has 0 fully saturated rings. The third-order valence-corrected chi connectivity index (χ3v) is 3.79. The zero-order valence-electron chi connectivity index (χ0n) is 12.8. The fourth-order valence-corrected chi connectivity index (χ4v) is 2.72. The Balaban J connectivity index is 1.74. The van der Waals surface area contributed by atoms with Crippen LogP contribution in [0, 0.1) is 19.8 Å². The van der Waals surface area contributed by atoms with Crippen molar-refractivity contribution in [3.63, 3.8) is 0 Å². The Morgan fingerprint density at radius 1 is 1.27 bits per heavy atom. The van der Waals surface area contributed by atoms with Gasteiger partial charge in [-0.2, -0.15) is 0 Å². The fraction of sp³-hybridized carbons (Fsp3) is 0.278. The summed E-state index contributed by atoms with van der Waals surface area (Å²) in [7, 11) is 0. The largest absolute Gasteiger partial charge is 0.311 e. The number of nitrogens with one attached hydrogen (secondary N) is 1. The molecule has 0 saturated heterocycles. The van der Waals surface area contributed by atoms with Gasteiger partial charge in [0.15, 0.2) is 5.65 Å². The molecule has 0 aromatic carbocycles. The number of aromatic nitrogens is 2. The van der Waals surface area contributed by atoms with Gasteiger partial charge in [0, 0.05) is 17.5 Å². The Labute approximate surface area is 130 Å². The molecule has 0 saturated carbocycles. The molecule has 112 valence electrons. The SMILES string of the molecule is Cc1cc(C)c2ccc(NC(=O)C[C@H]3C=CC=CC3)nc2n1. The molecule has 0 spiro atoms. The fourth-order valence-electron chi connectivity index (χ4n) is 2.72. The first-order valence-electron chi connectivity index (χ1n) is 7.50. The lowest BCUT2D eigenvalue weighted by Crippen LogP contribution is -2.16. The number of pyridine rings is 2. The van der Waals surface area contributed by atoms with Crippen LogP contribution in [-0.2, 0) is 4.79 Å². The minimum atomic E-state index is -0.0128. The summed E-state index contributed by atoms with van der Waals surface area (Å²) < 4.78 is 0. The summed E-state index contributed by atoms with van der Waals surface area (Å²) >= 11 is 0. The van der Waals surface area contributed by atoms with Crippen molar-refractivity contribution in [3.05, 3.63) is 53.8 Å². The van der Waals surface area contributed by atoms with E-state index < -0.39 is 0 Å². The second kappa shape index (κ2) is 6.10. The van der Waals surface area contributed by atoms with Crippen LogP contribution in [0.1, 0.15) is 24.1 Å². The molecule has 1 N–H and O–H groups in total. The molecule has 1 aliphatic carbocycles. The monoisotopic (exact) mass is 293 g/mol. The summed E-state index contributed by atoms with van der Waals surface area (Å²) in [5.74, 6) is 0.819. The molecule has 0 unspecified atom stereocenters. The van der Waals surface area contributed by atoms with Crippen molar-refractivity contribution >= 4 is 22.8 Å². The molecule has 4 heteroatoms. The third kappa shape index (κ3) is 3.22. The lowest BCUT2D eigenvalue weighted by molar-refractivity contribution is -0.116. The number of hydrogen-bond acceptors (Lipinski definition) is 3. The highest BCUT2D eigenvalue weighted by Crippen LogP contribution is 2.20. The minimum absolute atomic E-state index is 0.0128. The first-order chi connectivity index (χ1) is 10.6. The molecule has 2 aromatic heterocycles. The highest BCUT2D eigenvalue weighted by atomic mass is 16.1. The molecule has 0 aliphatic heterocycles. The number of carbonyl (C=O) groups is 1. The molecule has 0 radical (unpaired) electrons. The standard InChI is InChI=1S/C18H19N3O/c1-12-10-13(2)19-18-15(12)8-9-16(21-18)20-17(22)11-14-6-4-3-5-7-14/h3-6,8-10,14H,7,11H2,1-2H3,(H,19,20,21,22)/t14-/m0/s1. The molecule has 0 bridgehead atoms. The van der Waals surface area contributed by atoms with Crippen LogP contribution in [0.5, 0.6) is 0 Å². The van der Waals surface area contributed by atoms with E-state index >= 15 is 0 Å². The Bertz CT molecular complexity index is 777. The van der Waals surface area contributed by atoms with E-state index in [9.17, 15) is 4.79 Å². The molecule has 22 heavy (non-hydrogen) atoms. The number of hydrogen-bond donors (Lipinski definition) is 1. The highest BCUT2D eigenvalue weighted by Gasteiger charge is 2.12. The summed E-state index contributed by atoms with van der Waals surface area (Å²) in [6, 6.07) is 5.83. The molecular weight excluding hydrogens is 274 g/mol. The van der Waals surface area contributed by atoms with E-state index in [0.29, 0.717) is 17.9 Å². The van der Waals surface area contributed by atoms with Crippen molar-refractivity contribution in [2.75, 3.05) is 5.32 Å². The number of carbonyl (C=O) groups excluding carboxylic acids is 1. The van der Waals surface area contributed by atoms with Crippen molar-refractivity contribution in [2.24, 2.45) is 5.92 Å². The van der Waals surface area contributed by atoms with Gasteiger partial charge in [-0.15, -0.1) is 0 Å². The molecule has 1 atom stereocenters. The van der Waals surface area contributed by atoms with Crippen molar-refractivity contribution in [3.8, 4) is 0 Å². The number of anilines is 1. The van der Waals surface area contributed by atoms with E-state index in [1.54, 1.807) is 0 Å². The van der Waals surface area contributed by atoms with Gasteiger partial charge in [0.2, 0.25) is 5.91 Å². The maximum Gasteiger partial charge on any atom is 0.226 e. The van der Waals surface area contributed by atoms with E-state index in [-0.39, 0.29) is 11.8 Å². The average Bonchev–Trinajstić information content (AvgIpc) is 2.47. The van der Waals surface area contributed by atoms with Crippen LogP contribution in [0.2, 0.25) is 0 Å². The van der Waals surface area contributed by atoms with E-state index in [1.807, 2.05) is 44.2 Å². The Morgan fingerprint density at radius 2 is 2.14 bits per heavy atom. The molecular formula is C18H19N3O. The third-order valence-electron chi connectivity index (χ3n) is 3.79. The zero-order chi connectivity index (χ0) is 15.5. The Morgan fingerprint density at radius 3 is 2.91 bits per heavy atom. The lowest BCUT2D eigenvalue weighted by atomic mass is 9.97. The second-order valence-electron chi connectivity index (χ2n) is 5.71. The number of aryl methyl sites for hydroxylation is 2. The normalized spacial score (nSPS) is 16.9. The number of allylic oxidation sites excluding steroid dienone is 4. The van der Waals surface area contributed by atoms with Crippen LogP contribution < -0.4 is 5.32 Å². The quantitative estimate of drug-likeness (QED) is 0.938. The van der Waals surface area contributed by atoms with E-state index in [0.717, 1.165) is 23.1 Å². The summed E-state index contributed by atoms with van der Waals surface area (Å²) in [6.07, 6.45) is 9.54. The van der Waals surface area contributed by atoms with Crippen molar-refractivity contribution in [1.82, 2.24) is 9.97 Å². The van der Waals surface area contributed by atoms with Crippen LogP contribution in [0.25, 0.3) is 11.0 Å². The molecule has 2 heterocycles. The van der Waals surface area contributed by atoms with E-state index in [4.69, 9.17) is 0 Å². The average molecular weight is 293 g/mol. The summed E-state index contributed by atoms with van der Waals surface area (Å²) in [4.78, 5) is 21.0. The van der Waals surface area contributed by atoms with Gasteiger partial charge in [0.1, 0.15) is 5.82 Å². The number of nitrogens with zero attached hydrogens (tertiary/aromatic N) is 2. The maximum absolute atomic E-state index is 12.1. The number of amides is 1. The lowest BCUT2D eigenvalue weighted by Gasteiger charge is -2.12. The van der Waals surface area contributed by atoms with Gasteiger partial charge < -0.3 is 5.32 Å². The molecule has 1 amide bonds. The van der Waals surface area contributed by atoms with Crippen LogP contribution >= 0.6 is 0 Å². The minimum Gasteiger partial charge on any atom is -0.311 e. The van der Waals surface area contributed by atoms with Crippen molar-refractivity contribution in [1.29, 1.82) is 0 Å². The second-order valence-corrected chi connectivity index (χ2v) is 5.71. The summed E-state index contributed by atoms with van der Waals surface area (Å²) in [5.41, 5.74) is 2.75. The molecule has 4 nitrogen and oxygen atoms in total. The van der Waals surface area contributed by atoms with Crippen LogP contribution in [0.4, 0.5) is 5.82 Å². The predicted molar refractivity (Wildman–Crippen MR) is 88.6 cm³/mol. The summed E-state index contributed by atoms with van der Waals surface area (Å²) in [6.45, 7) is 3.99. The van der Waals surface area contributed by atoms with Gasteiger partial charge in [-0.3, -0.25) is 4.79 Å². The number of rotatable bonds is 3. The molecule has 2 aromatic rings. The predicted octanol–water partition coefficient (Wildman–Crippen LogP) is 3.71. The van der Waals surface area contributed by atoms with Gasteiger partial charge >= 0.3 is 0 Å². The maximum atomic E-state index is 12.1. The Kier molecular flexibility index (Phi) is 4.00. The van der Waals surface area contributed by atoms with Gasteiger partial charge in [-0.1, -0.05) is 24.3 Å². The van der Waals surface area contributed by atoms with Crippen LogP contribution in [0.15, 0.2) is 42.5 Å². The van der Waals surface area contributed by atoms with Gasteiger partial charge in [0.05, 0.1) is 0 Å². The van der Waals surface area contributed by atoms with E-state index in [2.05, 4.69) is 27.4 Å². The Hall–Kier alpha value is -2.49. The van der Waals surface area contributed by atoms with E-state index in [1.165, 1.54) is 0 Å². The van der Waals surface area contributed by atoms with Gasteiger partial charge in [-0.25, -0.2) is 9.97 Å². The highest BCUT2D eigenvalue weighted by molar-refractivity contribution is 5.91. The number of fused-ring (bicyclic) bond motifs is 1. The van der Waals surface area contributed by atoms with Gasteiger partial charge in [-0.05, 0) is 49.9 Å². The smallest absolute Gasteiger partial charge is 0.226 e. The molecule has 3 rings (SSSR count). The van der Waals surface area contributed by atoms with Crippen molar-refractivity contribution in [2.45, 2.75) is 26.7 Å². The first-order valence-corrected chi connectivity index (χ1v) is 7.50. The molecule has 1 aliphatic rings. The topological polar surface area (TPSA) is 54.9 Å². The van der Waals surface area contributed by atoms with Crippen LogP contribution in [-0.4, -0.2) is 15.9 Å². The van der Waals surface area contributed by atoms with Gasteiger partial charge in [0.25, 0.3) is 0 Å². The zero-order valence-corrected chi connectivity index (χ0v) is 12.8. The van der Waals surface area contributed by atoms with Crippen molar-refractivity contribution < 1.29 is 4.79 Å². The summed E-state index contributed by atoms with van der Waals surface area (Å²) in [5, 5.41) is 3.89.